The lowest BCUT2D eigenvalue weighted by atomic mass is 10.0. The summed E-state index contributed by atoms with van der Waals surface area (Å²) in [6, 6.07) is 10.5. The highest BCUT2D eigenvalue weighted by atomic mass is 35.5. The fourth-order valence-electron chi connectivity index (χ4n) is 2.63. The monoisotopic (exact) mass is 346 g/mol. The summed E-state index contributed by atoms with van der Waals surface area (Å²) in [5, 5.41) is 1.26. The van der Waals surface area contributed by atoms with E-state index in [1.807, 2.05) is 0 Å². The van der Waals surface area contributed by atoms with E-state index in [-0.39, 0.29) is 5.97 Å². The minimum absolute atomic E-state index is 0.303. The molecule has 24 heavy (non-hydrogen) atoms. The van der Waals surface area contributed by atoms with Gasteiger partial charge in [0.15, 0.2) is 0 Å². The van der Waals surface area contributed by atoms with Crippen molar-refractivity contribution < 1.29 is 14.3 Å². The summed E-state index contributed by atoms with van der Waals surface area (Å²) in [5.41, 5.74) is 0.973. The molecular formula is C20H23ClO3. The molecule has 0 aliphatic carbocycles. The molecule has 2 aromatic carbocycles. The van der Waals surface area contributed by atoms with Gasteiger partial charge in [-0.05, 0) is 53.1 Å². The van der Waals surface area contributed by atoms with E-state index in [0.29, 0.717) is 17.7 Å². The Kier molecular flexibility index (Phi) is 7.26. The zero-order valence-corrected chi connectivity index (χ0v) is 14.8. The van der Waals surface area contributed by atoms with Crippen LogP contribution in [0.15, 0.2) is 36.4 Å². The number of rotatable bonds is 9. The van der Waals surface area contributed by atoms with Crippen LogP contribution in [0.4, 0.5) is 0 Å². The van der Waals surface area contributed by atoms with Crippen molar-refractivity contribution in [3.63, 3.8) is 0 Å². The first-order valence-corrected chi connectivity index (χ1v) is 8.90. The molecule has 0 aliphatic rings. The number of benzene rings is 2. The topological polar surface area (TPSA) is 43.4 Å². The summed E-state index contributed by atoms with van der Waals surface area (Å²) >= 11 is 5.48. The molecule has 0 spiro atoms. The van der Waals surface area contributed by atoms with Crippen LogP contribution in [0.5, 0.6) is 0 Å². The smallest absolute Gasteiger partial charge is 0.338 e. The van der Waals surface area contributed by atoms with Crippen molar-refractivity contribution in [2.45, 2.75) is 45.4 Å². The summed E-state index contributed by atoms with van der Waals surface area (Å²) < 4.78 is 5.33. The first-order valence-electron chi connectivity index (χ1n) is 8.52. The van der Waals surface area contributed by atoms with Crippen LogP contribution in [0.1, 0.15) is 66.2 Å². The van der Waals surface area contributed by atoms with E-state index in [1.165, 1.54) is 25.7 Å². The Morgan fingerprint density at radius 1 is 0.875 bits per heavy atom. The summed E-state index contributed by atoms with van der Waals surface area (Å²) in [6.45, 7) is 2.66. The van der Waals surface area contributed by atoms with Crippen LogP contribution >= 0.6 is 11.6 Å². The predicted molar refractivity (Wildman–Crippen MR) is 97.8 cm³/mol. The van der Waals surface area contributed by atoms with Gasteiger partial charge in [-0.2, -0.15) is 0 Å². The van der Waals surface area contributed by atoms with E-state index in [2.05, 4.69) is 6.92 Å². The van der Waals surface area contributed by atoms with Crippen molar-refractivity contribution in [3.8, 4) is 0 Å². The summed E-state index contributed by atoms with van der Waals surface area (Å²) in [5.74, 6) is -0.303. The highest BCUT2D eigenvalue weighted by Crippen LogP contribution is 2.19. The van der Waals surface area contributed by atoms with E-state index in [4.69, 9.17) is 16.3 Å². The van der Waals surface area contributed by atoms with Crippen molar-refractivity contribution in [3.05, 3.63) is 47.5 Å². The number of carbonyl (C=O) groups is 2. The van der Waals surface area contributed by atoms with E-state index < -0.39 is 5.24 Å². The van der Waals surface area contributed by atoms with Crippen molar-refractivity contribution in [2.24, 2.45) is 0 Å². The zero-order chi connectivity index (χ0) is 17.4. The summed E-state index contributed by atoms with van der Waals surface area (Å²) in [7, 11) is 0. The highest BCUT2D eigenvalue weighted by molar-refractivity contribution is 6.67. The van der Waals surface area contributed by atoms with Gasteiger partial charge >= 0.3 is 5.97 Å². The quantitative estimate of drug-likeness (QED) is 0.330. The molecule has 2 aromatic rings. The third kappa shape index (κ3) is 5.34. The number of halogens is 1. The number of fused-ring (bicyclic) bond motifs is 1. The van der Waals surface area contributed by atoms with Gasteiger partial charge in [-0.25, -0.2) is 4.79 Å². The lowest BCUT2D eigenvalue weighted by Crippen LogP contribution is -2.06. The first-order chi connectivity index (χ1) is 11.6. The van der Waals surface area contributed by atoms with Crippen molar-refractivity contribution in [1.29, 1.82) is 0 Å². The van der Waals surface area contributed by atoms with Gasteiger partial charge in [0.25, 0.3) is 5.24 Å². The van der Waals surface area contributed by atoms with E-state index in [9.17, 15) is 9.59 Å². The molecule has 0 saturated heterocycles. The van der Waals surface area contributed by atoms with Gasteiger partial charge in [0, 0.05) is 5.56 Å². The van der Waals surface area contributed by atoms with Crippen LogP contribution in [0.3, 0.4) is 0 Å². The standard InChI is InChI=1S/C20H23ClO3/c1-2-3-4-5-6-7-12-24-20(23)18-11-9-15-13-17(19(21)22)10-8-16(15)14-18/h8-11,13-14H,2-7,12H2,1H3. The SMILES string of the molecule is CCCCCCCCOC(=O)c1ccc2cc(C(=O)Cl)ccc2c1. The van der Waals surface area contributed by atoms with Crippen LogP contribution in [0, 0.1) is 0 Å². The Hall–Kier alpha value is -1.87. The van der Waals surface area contributed by atoms with Gasteiger partial charge < -0.3 is 4.74 Å². The molecule has 0 radical (unpaired) electrons. The lowest BCUT2D eigenvalue weighted by molar-refractivity contribution is 0.0497. The first kappa shape index (κ1) is 18.5. The normalized spacial score (nSPS) is 10.8. The summed E-state index contributed by atoms with van der Waals surface area (Å²) in [6.07, 6.45) is 6.96. The molecule has 0 N–H and O–H groups in total. The van der Waals surface area contributed by atoms with Crippen LogP contribution in [-0.4, -0.2) is 17.8 Å². The predicted octanol–water partition coefficient (Wildman–Crippen LogP) is 5.74. The molecule has 128 valence electrons. The van der Waals surface area contributed by atoms with Gasteiger partial charge in [-0.3, -0.25) is 4.79 Å². The Bertz CT molecular complexity index is 709. The van der Waals surface area contributed by atoms with Gasteiger partial charge in [0.2, 0.25) is 0 Å². The van der Waals surface area contributed by atoms with Crippen LogP contribution < -0.4 is 0 Å². The molecule has 0 atom stereocenters. The third-order valence-electron chi connectivity index (χ3n) is 4.03. The lowest BCUT2D eigenvalue weighted by Gasteiger charge is -2.06. The second-order valence-corrected chi connectivity index (χ2v) is 6.30. The molecule has 4 heteroatoms. The van der Waals surface area contributed by atoms with Gasteiger partial charge in [0.1, 0.15) is 0 Å². The highest BCUT2D eigenvalue weighted by Gasteiger charge is 2.09. The Morgan fingerprint density at radius 3 is 2.12 bits per heavy atom. The fraction of sp³-hybridized carbons (Fsp3) is 0.400. The minimum Gasteiger partial charge on any atom is -0.462 e. The van der Waals surface area contributed by atoms with Crippen molar-refractivity contribution >= 4 is 33.6 Å². The molecule has 0 saturated carbocycles. The summed E-state index contributed by atoms with van der Waals surface area (Å²) in [4.78, 5) is 23.3. The minimum atomic E-state index is -0.487. The van der Waals surface area contributed by atoms with Gasteiger partial charge in [-0.1, -0.05) is 51.2 Å². The average Bonchev–Trinajstić information content (AvgIpc) is 2.59. The number of esters is 1. The molecule has 0 fully saturated rings. The Balaban J connectivity index is 1.88. The maximum atomic E-state index is 12.1. The van der Waals surface area contributed by atoms with Gasteiger partial charge in [-0.15, -0.1) is 0 Å². The molecule has 0 bridgehead atoms. The maximum Gasteiger partial charge on any atom is 0.338 e. The number of unbranched alkanes of at least 4 members (excludes halogenated alkanes) is 5. The molecule has 3 nitrogen and oxygen atoms in total. The largest absolute Gasteiger partial charge is 0.462 e. The number of hydrogen-bond donors (Lipinski definition) is 0. The number of hydrogen-bond acceptors (Lipinski definition) is 3. The van der Waals surface area contributed by atoms with Crippen molar-refractivity contribution in [1.82, 2.24) is 0 Å². The maximum absolute atomic E-state index is 12.1. The van der Waals surface area contributed by atoms with Crippen molar-refractivity contribution in [2.75, 3.05) is 6.61 Å². The fourth-order valence-corrected chi connectivity index (χ4v) is 2.74. The molecule has 0 amide bonds. The molecule has 2 rings (SSSR count). The number of carbonyl (C=O) groups excluding carboxylic acids is 2. The molecular weight excluding hydrogens is 324 g/mol. The van der Waals surface area contributed by atoms with Crippen LogP contribution in [-0.2, 0) is 4.74 Å². The van der Waals surface area contributed by atoms with E-state index in [0.717, 1.165) is 23.6 Å². The second kappa shape index (κ2) is 9.43. The third-order valence-corrected chi connectivity index (χ3v) is 4.25. The van der Waals surface area contributed by atoms with Crippen LogP contribution in [0.25, 0.3) is 10.8 Å². The number of ether oxygens (including phenoxy) is 1. The molecule has 0 aromatic heterocycles. The van der Waals surface area contributed by atoms with Gasteiger partial charge in [0.05, 0.1) is 12.2 Å². The zero-order valence-electron chi connectivity index (χ0n) is 14.0. The van der Waals surface area contributed by atoms with Crippen LogP contribution in [0.2, 0.25) is 0 Å². The Labute approximate surface area is 148 Å². The second-order valence-electron chi connectivity index (χ2n) is 5.95. The molecule has 0 unspecified atom stereocenters. The van der Waals surface area contributed by atoms with E-state index >= 15 is 0 Å². The molecule has 0 aliphatic heterocycles. The Morgan fingerprint density at radius 2 is 1.46 bits per heavy atom. The molecule has 0 heterocycles. The van der Waals surface area contributed by atoms with E-state index in [1.54, 1.807) is 36.4 Å². The average molecular weight is 347 g/mol.